The molecule has 0 atom stereocenters. The lowest BCUT2D eigenvalue weighted by Crippen LogP contribution is -2.10. The molecule has 25 heavy (non-hydrogen) atoms. The van der Waals surface area contributed by atoms with Crippen molar-refractivity contribution in [1.29, 1.82) is 5.26 Å². The molecular formula is C18H14Cl2N2O2S. The second kappa shape index (κ2) is 8.72. The number of nitrogens with two attached hydrogens (primary N) is 1. The van der Waals surface area contributed by atoms with Crippen molar-refractivity contribution in [2.24, 2.45) is 5.73 Å². The van der Waals surface area contributed by atoms with Crippen molar-refractivity contribution in [1.82, 2.24) is 0 Å². The van der Waals surface area contributed by atoms with Crippen LogP contribution in [-0.2, 0) is 6.61 Å². The summed E-state index contributed by atoms with van der Waals surface area (Å²) in [6.45, 7) is 0.201. The van der Waals surface area contributed by atoms with Crippen LogP contribution in [0.3, 0.4) is 0 Å². The Kier molecular flexibility index (Phi) is 6.65. The van der Waals surface area contributed by atoms with Gasteiger partial charge in [-0.2, -0.15) is 5.26 Å². The maximum absolute atomic E-state index is 9.16. The van der Waals surface area contributed by atoms with Gasteiger partial charge < -0.3 is 15.2 Å². The van der Waals surface area contributed by atoms with Gasteiger partial charge in [-0.1, -0.05) is 53.6 Å². The first-order valence-corrected chi connectivity index (χ1v) is 8.28. The van der Waals surface area contributed by atoms with Gasteiger partial charge in [-0.25, -0.2) is 0 Å². The molecule has 2 aromatic rings. The Bertz CT molecular complexity index is 876. The highest BCUT2D eigenvalue weighted by Gasteiger charge is 2.12. The Balaban J connectivity index is 2.39. The number of methoxy groups -OCH3 is 1. The van der Waals surface area contributed by atoms with Crippen molar-refractivity contribution in [2.45, 2.75) is 6.61 Å². The van der Waals surface area contributed by atoms with E-state index in [4.69, 9.17) is 55.9 Å². The molecule has 0 heterocycles. The van der Waals surface area contributed by atoms with Gasteiger partial charge in [0.2, 0.25) is 0 Å². The average Bonchev–Trinajstić information content (AvgIpc) is 2.58. The van der Waals surface area contributed by atoms with Gasteiger partial charge in [-0.05, 0) is 24.3 Å². The van der Waals surface area contributed by atoms with Gasteiger partial charge in [0.15, 0.2) is 11.5 Å². The van der Waals surface area contributed by atoms with Gasteiger partial charge in [-0.3, -0.25) is 0 Å². The molecule has 7 heteroatoms. The predicted octanol–water partition coefficient (Wildman–Crippen LogP) is 4.77. The van der Waals surface area contributed by atoms with Crippen molar-refractivity contribution >= 4 is 46.5 Å². The Hall–Kier alpha value is -2.26. The van der Waals surface area contributed by atoms with Gasteiger partial charge in [0.05, 0.1) is 12.7 Å². The minimum absolute atomic E-state index is 0.0111. The monoisotopic (exact) mass is 392 g/mol. The number of rotatable bonds is 6. The van der Waals surface area contributed by atoms with E-state index in [-0.39, 0.29) is 17.2 Å². The highest BCUT2D eigenvalue weighted by atomic mass is 35.5. The topological polar surface area (TPSA) is 68.3 Å². The molecule has 0 radical (unpaired) electrons. The van der Waals surface area contributed by atoms with E-state index < -0.39 is 0 Å². The number of hydrogen-bond donors (Lipinski definition) is 1. The van der Waals surface area contributed by atoms with Gasteiger partial charge in [0.25, 0.3) is 0 Å². The maximum atomic E-state index is 9.16. The molecule has 0 aliphatic carbocycles. The first-order chi connectivity index (χ1) is 12.0. The first-order valence-electron chi connectivity index (χ1n) is 7.11. The third-order valence-corrected chi connectivity index (χ3v) is 4.11. The number of para-hydroxylation sites is 1. The second-order valence-electron chi connectivity index (χ2n) is 4.94. The standard InChI is InChI=1S/C18H14Cl2N2O2S/c1-23-16-4-2-3-11(7-13(9-21)18(22)25)17(16)24-10-12-5-6-14(19)8-15(12)20/h2-8H,10H2,1H3,(H2,22,25)/b13-7+. The molecule has 128 valence electrons. The largest absolute Gasteiger partial charge is 0.493 e. The lowest BCUT2D eigenvalue weighted by atomic mass is 10.1. The molecule has 2 aromatic carbocycles. The van der Waals surface area contributed by atoms with E-state index in [2.05, 4.69) is 0 Å². The van der Waals surface area contributed by atoms with Crippen LogP contribution in [0, 0.1) is 11.3 Å². The lowest BCUT2D eigenvalue weighted by molar-refractivity contribution is 0.284. The summed E-state index contributed by atoms with van der Waals surface area (Å²) < 4.78 is 11.2. The zero-order chi connectivity index (χ0) is 18.4. The van der Waals surface area contributed by atoms with E-state index in [1.165, 1.54) is 7.11 Å². The third-order valence-electron chi connectivity index (χ3n) is 3.30. The molecule has 0 aliphatic rings. The Morgan fingerprint density at radius 1 is 1.32 bits per heavy atom. The van der Waals surface area contributed by atoms with Crippen LogP contribution in [0.2, 0.25) is 10.0 Å². The smallest absolute Gasteiger partial charge is 0.168 e. The molecule has 0 bridgehead atoms. The van der Waals surface area contributed by atoms with E-state index in [1.54, 1.807) is 42.5 Å². The Morgan fingerprint density at radius 2 is 2.08 bits per heavy atom. The third kappa shape index (κ3) is 4.86. The summed E-state index contributed by atoms with van der Waals surface area (Å²) in [4.78, 5) is 0.0111. The van der Waals surface area contributed by atoms with Crippen LogP contribution in [0.4, 0.5) is 0 Å². The molecule has 0 aromatic heterocycles. The SMILES string of the molecule is COc1cccc(/C=C(\C#N)C(N)=S)c1OCc1ccc(Cl)cc1Cl. The minimum Gasteiger partial charge on any atom is -0.493 e. The van der Waals surface area contributed by atoms with Crippen molar-refractivity contribution in [3.05, 3.63) is 63.1 Å². The number of nitriles is 1. The van der Waals surface area contributed by atoms with Crippen molar-refractivity contribution in [2.75, 3.05) is 7.11 Å². The minimum atomic E-state index is 0.0111. The summed E-state index contributed by atoms with van der Waals surface area (Å²) in [6.07, 6.45) is 1.56. The number of hydrogen-bond acceptors (Lipinski definition) is 4. The van der Waals surface area contributed by atoms with Crippen molar-refractivity contribution < 1.29 is 9.47 Å². The highest BCUT2D eigenvalue weighted by molar-refractivity contribution is 7.80. The Morgan fingerprint density at radius 3 is 2.68 bits per heavy atom. The molecular weight excluding hydrogens is 379 g/mol. The van der Waals surface area contributed by atoms with Crippen LogP contribution in [0.1, 0.15) is 11.1 Å². The van der Waals surface area contributed by atoms with E-state index in [0.29, 0.717) is 27.1 Å². The quantitative estimate of drug-likeness (QED) is 0.435. The van der Waals surface area contributed by atoms with Crippen LogP contribution in [-0.4, -0.2) is 12.1 Å². The Labute approximate surface area is 161 Å². The van der Waals surface area contributed by atoms with Gasteiger partial charge in [0, 0.05) is 21.2 Å². The summed E-state index contributed by atoms with van der Waals surface area (Å²) in [7, 11) is 1.53. The van der Waals surface area contributed by atoms with Crippen LogP contribution in [0.15, 0.2) is 42.0 Å². The second-order valence-corrected chi connectivity index (χ2v) is 6.22. The molecule has 0 saturated carbocycles. The fraction of sp³-hybridized carbons (Fsp3) is 0.111. The molecule has 0 fully saturated rings. The number of nitrogens with zero attached hydrogens (tertiary/aromatic N) is 1. The lowest BCUT2D eigenvalue weighted by Gasteiger charge is -2.14. The van der Waals surface area contributed by atoms with Crippen LogP contribution >= 0.6 is 35.4 Å². The van der Waals surface area contributed by atoms with Gasteiger partial charge in [-0.15, -0.1) is 0 Å². The number of thiocarbonyl (C=S) groups is 1. The van der Waals surface area contributed by atoms with Crippen LogP contribution < -0.4 is 15.2 Å². The van der Waals surface area contributed by atoms with E-state index in [1.807, 2.05) is 6.07 Å². The fourth-order valence-corrected chi connectivity index (χ4v) is 2.63. The van der Waals surface area contributed by atoms with Crippen molar-refractivity contribution in [3.63, 3.8) is 0 Å². The highest BCUT2D eigenvalue weighted by Crippen LogP contribution is 2.34. The first kappa shape index (κ1) is 19.1. The van der Waals surface area contributed by atoms with Crippen LogP contribution in [0.25, 0.3) is 6.08 Å². The van der Waals surface area contributed by atoms with Crippen molar-refractivity contribution in [3.8, 4) is 17.6 Å². The van der Waals surface area contributed by atoms with Crippen LogP contribution in [0.5, 0.6) is 11.5 Å². The summed E-state index contributed by atoms with van der Waals surface area (Å²) in [6, 6.07) is 12.4. The summed E-state index contributed by atoms with van der Waals surface area (Å²) >= 11 is 17.0. The zero-order valence-corrected chi connectivity index (χ0v) is 15.6. The number of halogens is 2. The molecule has 0 aliphatic heterocycles. The van der Waals surface area contributed by atoms with Gasteiger partial charge >= 0.3 is 0 Å². The summed E-state index contributed by atoms with van der Waals surface area (Å²) in [5, 5.41) is 10.2. The number of benzene rings is 2. The molecule has 0 saturated heterocycles. The summed E-state index contributed by atoms with van der Waals surface area (Å²) in [5.74, 6) is 0.971. The molecule has 0 amide bonds. The average molecular weight is 393 g/mol. The molecule has 2 rings (SSSR count). The predicted molar refractivity (Wildman–Crippen MR) is 104 cm³/mol. The van der Waals surface area contributed by atoms with E-state index in [9.17, 15) is 0 Å². The summed E-state index contributed by atoms with van der Waals surface area (Å²) in [5.41, 5.74) is 7.12. The molecule has 2 N–H and O–H groups in total. The van der Waals surface area contributed by atoms with E-state index in [0.717, 1.165) is 5.56 Å². The normalized spacial score (nSPS) is 10.9. The fourth-order valence-electron chi connectivity index (χ4n) is 2.06. The zero-order valence-electron chi connectivity index (χ0n) is 13.3. The van der Waals surface area contributed by atoms with Gasteiger partial charge in [0.1, 0.15) is 17.7 Å². The molecule has 0 spiro atoms. The molecule has 0 unspecified atom stereocenters. The maximum Gasteiger partial charge on any atom is 0.168 e. The van der Waals surface area contributed by atoms with E-state index >= 15 is 0 Å². The molecule has 4 nitrogen and oxygen atoms in total. The number of ether oxygens (including phenoxy) is 2.